The van der Waals surface area contributed by atoms with Crippen LogP contribution < -0.4 is 25.0 Å². The third-order valence-electron chi connectivity index (χ3n) is 6.25. The SMILES string of the molecule is COC(=O)C1=C(CN2CCN(c3ccc(F)cc3)CC2)NC(=O)N[C@@H]1c1ccc(OC)c(OC)c1. The molecule has 1 fully saturated rings. The van der Waals surface area contributed by atoms with Crippen LogP contribution in [0.2, 0.25) is 0 Å². The maximum Gasteiger partial charge on any atom is 0.338 e. The minimum Gasteiger partial charge on any atom is -0.493 e. The zero-order valence-electron chi connectivity index (χ0n) is 20.0. The molecule has 0 bridgehead atoms. The van der Waals surface area contributed by atoms with Gasteiger partial charge in [0.25, 0.3) is 0 Å². The number of benzene rings is 2. The highest BCUT2D eigenvalue weighted by Gasteiger charge is 2.35. The average molecular weight is 485 g/mol. The summed E-state index contributed by atoms with van der Waals surface area (Å²) in [5.74, 6) is 0.234. The topological polar surface area (TPSA) is 92.4 Å². The van der Waals surface area contributed by atoms with E-state index in [4.69, 9.17) is 14.2 Å². The van der Waals surface area contributed by atoms with Gasteiger partial charge in [0, 0.05) is 44.1 Å². The molecule has 0 spiro atoms. The summed E-state index contributed by atoms with van der Waals surface area (Å²) in [6.07, 6.45) is 0. The van der Waals surface area contributed by atoms with Crippen molar-refractivity contribution < 1.29 is 28.2 Å². The summed E-state index contributed by atoms with van der Waals surface area (Å²) < 4.78 is 29.0. The zero-order valence-corrected chi connectivity index (χ0v) is 20.0. The summed E-state index contributed by atoms with van der Waals surface area (Å²) in [7, 11) is 4.38. The van der Waals surface area contributed by atoms with Crippen LogP contribution in [0.25, 0.3) is 0 Å². The first-order valence-electron chi connectivity index (χ1n) is 11.3. The fourth-order valence-electron chi connectivity index (χ4n) is 4.42. The van der Waals surface area contributed by atoms with E-state index < -0.39 is 18.0 Å². The number of anilines is 1. The Labute approximate surface area is 203 Å². The molecule has 10 heteroatoms. The molecule has 2 aliphatic heterocycles. The van der Waals surface area contributed by atoms with E-state index >= 15 is 0 Å². The van der Waals surface area contributed by atoms with Crippen LogP contribution in [-0.2, 0) is 9.53 Å². The second kappa shape index (κ2) is 10.6. The molecule has 0 saturated carbocycles. The van der Waals surface area contributed by atoms with E-state index in [9.17, 15) is 14.0 Å². The first-order valence-corrected chi connectivity index (χ1v) is 11.3. The number of hydrogen-bond acceptors (Lipinski definition) is 7. The van der Waals surface area contributed by atoms with Gasteiger partial charge in [0.05, 0.1) is 32.9 Å². The number of hydrogen-bond donors (Lipinski definition) is 2. The van der Waals surface area contributed by atoms with E-state index in [1.54, 1.807) is 30.3 Å². The molecule has 1 atom stereocenters. The highest BCUT2D eigenvalue weighted by molar-refractivity contribution is 5.95. The van der Waals surface area contributed by atoms with Gasteiger partial charge in [-0.15, -0.1) is 0 Å². The Balaban J connectivity index is 1.57. The number of methoxy groups -OCH3 is 3. The Hall–Kier alpha value is -3.79. The predicted molar refractivity (Wildman–Crippen MR) is 128 cm³/mol. The molecule has 2 aliphatic rings. The van der Waals surface area contributed by atoms with Gasteiger partial charge in [-0.05, 0) is 42.0 Å². The number of halogens is 1. The molecular formula is C25H29FN4O5. The quantitative estimate of drug-likeness (QED) is 0.584. The van der Waals surface area contributed by atoms with Crippen LogP contribution in [0.5, 0.6) is 11.5 Å². The van der Waals surface area contributed by atoms with Crippen LogP contribution in [0, 0.1) is 5.82 Å². The van der Waals surface area contributed by atoms with Crippen LogP contribution in [0.4, 0.5) is 14.9 Å². The molecule has 0 unspecified atom stereocenters. The van der Waals surface area contributed by atoms with E-state index in [0.717, 1.165) is 18.8 Å². The van der Waals surface area contributed by atoms with Crippen LogP contribution >= 0.6 is 0 Å². The zero-order chi connectivity index (χ0) is 24.9. The number of rotatable bonds is 7. The third-order valence-corrected chi connectivity index (χ3v) is 6.25. The molecule has 2 heterocycles. The van der Waals surface area contributed by atoms with Crippen molar-refractivity contribution in [3.05, 3.63) is 65.1 Å². The Morgan fingerprint density at radius 3 is 2.31 bits per heavy atom. The van der Waals surface area contributed by atoms with Crippen molar-refractivity contribution in [1.29, 1.82) is 0 Å². The van der Waals surface area contributed by atoms with Gasteiger partial charge in [-0.25, -0.2) is 14.0 Å². The lowest BCUT2D eigenvalue weighted by Gasteiger charge is -2.38. The number of amides is 2. The number of piperazine rings is 1. The highest BCUT2D eigenvalue weighted by atomic mass is 19.1. The molecule has 35 heavy (non-hydrogen) atoms. The van der Waals surface area contributed by atoms with Gasteiger partial charge in [-0.2, -0.15) is 0 Å². The molecule has 9 nitrogen and oxygen atoms in total. The van der Waals surface area contributed by atoms with Gasteiger partial charge in [0.15, 0.2) is 11.5 Å². The lowest BCUT2D eigenvalue weighted by Crippen LogP contribution is -2.51. The van der Waals surface area contributed by atoms with Crippen LogP contribution in [0.1, 0.15) is 11.6 Å². The fourth-order valence-corrected chi connectivity index (χ4v) is 4.42. The summed E-state index contributed by atoms with van der Waals surface area (Å²) in [5.41, 5.74) is 2.46. The molecular weight excluding hydrogens is 455 g/mol. The molecule has 186 valence electrons. The molecule has 4 rings (SSSR count). The summed E-state index contributed by atoms with van der Waals surface area (Å²) in [6, 6.07) is 10.6. The number of urea groups is 1. The van der Waals surface area contributed by atoms with Crippen molar-refractivity contribution in [2.24, 2.45) is 0 Å². The van der Waals surface area contributed by atoms with Gasteiger partial charge in [-0.1, -0.05) is 6.07 Å². The van der Waals surface area contributed by atoms with Gasteiger partial charge < -0.3 is 29.7 Å². The van der Waals surface area contributed by atoms with Crippen LogP contribution in [0.15, 0.2) is 53.7 Å². The summed E-state index contributed by atoms with van der Waals surface area (Å²) in [4.78, 5) is 29.8. The largest absolute Gasteiger partial charge is 0.493 e. The van der Waals surface area contributed by atoms with Gasteiger partial charge in [-0.3, -0.25) is 4.90 Å². The smallest absolute Gasteiger partial charge is 0.338 e. The molecule has 2 amide bonds. The van der Waals surface area contributed by atoms with Crippen molar-refractivity contribution in [2.75, 3.05) is 59.0 Å². The Morgan fingerprint density at radius 1 is 1.00 bits per heavy atom. The monoisotopic (exact) mass is 484 g/mol. The average Bonchev–Trinajstić information content (AvgIpc) is 2.88. The summed E-state index contributed by atoms with van der Waals surface area (Å²) in [5, 5.41) is 5.63. The van der Waals surface area contributed by atoms with Crippen molar-refractivity contribution in [3.8, 4) is 11.5 Å². The lowest BCUT2D eigenvalue weighted by atomic mass is 9.94. The summed E-state index contributed by atoms with van der Waals surface area (Å²) >= 11 is 0. The fraction of sp³-hybridized carbons (Fsp3) is 0.360. The maximum absolute atomic E-state index is 13.3. The number of ether oxygens (including phenoxy) is 3. The van der Waals surface area contributed by atoms with E-state index in [0.29, 0.717) is 48.0 Å². The first-order chi connectivity index (χ1) is 16.9. The highest BCUT2D eigenvalue weighted by Crippen LogP contribution is 2.34. The normalized spacial score (nSPS) is 18.6. The third kappa shape index (κ3) is 5.32. The standard InChI is InChI=1S/C25H29FN4O5/c1-33-20-9-4-16(14-21(20)34-2)23-22(24(31)35-3)19(27-25(32)28-23)15-29-10-12-30(13-11-29)18-7-5-17(26)6-8-18/h4-9,14,23H,10-13,15H2,1-3H3,(H2,27,28,32)/t23-/m1/s1. The molecule has 1 saturated heterocycles. The number of carbonyl (C=O) groups is 2. The van der Waals surface area contributed by atoms with Crippen molar-refractivity contribution in [1.82, 2.24) is 15.5 Å². The molecule has 0 aromatic heterocycles. The van der Waals surface area contributed by atoms with E-state index in [2.05, 4.69) is 20.4 Å². The van der Waals surface area contributed by atoms with Crippen LogP contribution in [-0.4, -0.2) is 71.0 Å². The number of esters is 1. The van der Waals surface area contributed by atoms with E-state index in [1.165, 1.54) is 33.5 Å². The number of carbonyl (C=O) groups excluding carboxylic acids is 2. The minimum absolute atomic E-state index is 0.264. The van der Waals surface area contributed by atoms with Gasteiger partial charge in [0.1, 0.15) is 5.82 Å². The lowest BCUT2D eigenvalue weighted by molar-refractivity contribution is -0.136. The maximum atomic E-state index is 13.3. The molecule has 2 aromatic rings. The number of nitrogens with zero attached hydrogens (tertiary/aromatic N) is 2. The minimum atomic E-state index is -0.716. The molecule has 0 aliphatic carbocycles. The molecule has 0 radical (unpaired) electrons. The predicted octanol–water partition coefficient (Wildman–Crippen LogP) is 2.45. The van der Waals surface area contributed by atoms with E-state index in [1.807, 2.05) is 0 Å². The van der Waals surface area contributed by atoms with Gasteiger partial charge >= 0.3 is 12.0 Å². The molecule has 2 aromatic carbocycles. The number of nitrogens with one attached hydrogen (secondary N) is 2. The summed E-state index contributed by atoms with van der Waals surface area (Å²) in [6.45, 7) is 3.26. The van der Waals surface area contributed by atoms with Crippen molar-refractivity contribution in [2.45, 2.75) is 6.04 Å². The first kappa shape index (κ1) is 24.3. The van der Waals surface area contributed by atoms with Gasteiger partial charge in [0.2, 0.25) is 0 Å². The Bertz CT molecular complexity index is 1110. The second-order valence-electron chi connectivity index (χ2n) is 8.27. The van der Waals surface area contributed by atoms with Crippen LogP contribution in [0.3, 0.4) is 0 Å². The Morgan fingerprint density at radius 2 is 1.69 bits per heavy atom. The van der Waals surface area contributed by atoms with Crippen molar-refractivity contribution in [3.63, 3.8) is 0 Å². The Kier molecular flexibility index (Phi) is 7.40. The molecule has 2 N–H and O–H groups in total. The van der Waals surface area contributed by atoms with E-state index in [-0.39, 0.29) is 5.82 Å². The second-order valence-corrected chi connectivity index (χ2v) is 8.27. The van der Waals surface area contributed by atoms with Crippen molar-refractivity contribution >= 4 is 17.7 Å².